The monoisotopic (exact) mass is 451 g/mol. The normalized spacial score (nSPS) is 20.6. The van der Waals surface area contributed by atoms with Gasteiger partial charge in [-0.25, -0.2) is 4.79 Å². The number of ketones is 1. The molecular formula is C26H26ClNO4. The van der Waals surface area contributed by atoms with Gasteiger partial charge in [0.25, 0.3) is 0 Å². The minimum absolute atomic E-state index is 0.0285. The zero-order chi connectivity index (χ0) is 22.8. The number of rotatable bonds is 5. The minimum Gasteiger partial charge on any atom is -0.497 e. The molecule has 0 saturated carbocycles. The standard InChI is InChI=1S/C26H26ClNO4/c1-4-32-26(30)23-15(2)28-21-13-18(17-6-5-7-20(12-17)31-3)14-22(29)25(21)24(23)16-8-10-19(27)11-9-16/h5-12,18,24,28H,4,13-14H2,1-3H3. The molecule has 2 unspecified atom stereocenters. The second-order valence-electron chi connectivity index (χ2n) is 8.07. The van der Waals surface area contributed by atoms with Crippen molar-refractivity contribution < 1.29 is 19.1 Å². The number of hydrogen-bond acceptors (Lipinski definition) is 5. The number of dihydropyridines is 1. The Hall–Kier alpha value is -3.05. The Kier molecular flexibility index (Phi) is 6.38. The Morgan fingerprint density at radius 1 is 1.12 bits per heavy atom. The van der Waals surface area contributed by atoms with Crippen LogP contribution in [0.5, 0.6) is 5.75 Å². The molecule has 0 radical (unpaired) electrons. The predicted octanol–water partition coefficient (Wildman–Crippen LogP) is 5.27. The van der Waals surface area contributed by atoms with Crippen LogP contribution in [0, 0.1) is 0 Å². The smallest absolute Gasteiger partial charge is 0.336 e. The molecule has 1 N–H and O–H groups in total. The largest absolute Gasteiger partial charge is 0.497 e. The number of esters is 1. The molecule has 2 aliphatic rings. The van der Waals surface area contributed by atoms with Gasteiger partial charge in [-0.05, 0) is 61.6 Å². The summed E-state index contributed by atoms with van der Waals surface area (Å²) in [7, 11) is 1.64. The molecule has 1 aliphatic carbocycles. The van der Waals surface area contributed by atoms with Crippen LogP contribution in [0.15, 0.2) is 71.1 Å². The first-order valence-corrected chi connectivity index (χ1v) is 11.1. The molecule has 4 rings (SSSR count). The molecule has 0 aromatic heterocycles. The highest BCUT2D eigenvalue weighted by atomic mass is 35.5. The summed E-state index contributed by atoms with van der Waals surface area (Å²) >= 11 is 6.10. The predicted molar refractivity (Wildman–Crippen MR) is 124 cm³/mol. The van der Waals surface area contributed by atoms with Gasteiger partial charge in [-0.15, -0.1) is 0 Å². The van der Waals surface area contributed by atoms with Crippen molar-refractivity contribution in [2.75, 3.05) is 13.7 Å². The van der Waals surface area contributed by atoms with Crippen molar-refractivity contribution >= 4 is 23.4 Å². The van der Waals surface area contributed by atoms with E-state index in [1.165, 1.54) is 0 Å². The van der Waals surface area contributed by atoms with Crippen LogP contribution >= 0.6 is 11.6 Å². The van der Waals surface area contributed by atoms with Gasteiger partial charge in [-0.2, -0.15) is 0 Å². The van der Waals surface area contributed by atoms with Crippen LogP contribution in [0.4, 0.5) is 0 Å². The highest BCUT2D eigenvalue weighted by Gasteiger charge is 2.41. The van der Waals surface area contributed by atoms with Crippen LogP contribution < -0.4 is 10.1 Å². The van der Waals surface area contributed by atoms with E-state index in [0.717, 1.165) is 22.6 Å². The Morgan fingerprint density at radius 2 is 1.88 bits per heavy atom. The lowest BCUT2D eigenvalue weighted by molar-refractivity contribution is -0.138. The van der Waals surface area contributed by atoms with Crippen molar-refractivity contribution in [1.29, 1.82) is 0 Å². The van der Waals surface area contributed by atoms with Gasteiger partial charge >= 0.3 is 5.97 Å². The Labute approximate surface area is 193 Å². The number of nitrogens with one attached hydrogen (secondary N) is 1. The highest BCUT2D eigenvalue weighted by Crippen LogP contribution is 2.46. The van der Waals surface area contributed by atoms with Crippen LogP contribution in [0.1, 0.15) is 49.7 Å². The molecule has 6 heteroatoms. The number of Topliss-reactive ketones (excluding diaryl/α,β-unsaturated/α-hetero) is 1. The van der Waals surface area contributed by atoms with Crippen LogP contribution in [-0.2, 0) is 14.3 Å². The summed E-state index contributed by atoms with van der Waals surface area (Å²) in [6.45, 7) is 3.90. The summed E-state index contributed by atoms with van der Waals surface area (Å²) < 4.78 is 10.7. The zero-order valence-electron chi connectivity index (χ0n) is 18.4. The van der Waals surface area contributed by atoms with Gasteiger partial charge in [0.2, 0.25) is 0 Å². The number of ether oxygens (including phenoxy) is 2. The third-order valence-corrected chi connectivity index (χ3v) is 6.34. The number of hydrogen-bond donors (Lipinski definition) is 1. The van der Waals surface area contributed by atoms with Crippen molar-refractivity contribution in [3.05, 3.63) is 87.2 Å². The molecule has 5 nitrogen and oxygen atoms in total. The molecular weight excluding hydrogens is 426 g/mol. The van der Waals surface area contributed by atoms with E-state index in [1.807, 2.05) is 43.3 Å². The van der Waals surface area contributed by atoms with Crippen LogP contribution in [0.3, 0.4) is 0 Å². The van der Waals surface area contributed by atoms with E-state index < -0.39 is 11.9 Å². The molecule has 0 spiro atoms. The van der Waals surface area contributed by atoms with Gasteiger partial charge < -0.3 is 14.8 Å². The molecule has 2 atom stereocenters. The van der Waals surface area contributed by atoms with Gasteiger partial charge in [0.1, 0.15) is 5.75 Å². The van der Waals surface area contributed by atoms with E-state index in [9.17, 15) is 9.59 Å². The molecule has 2 aromatic rings. The lowest BCUT2D eigenvalue weighted by atomic mass is 9.71. The maximum absolute atomic E-state index is 13.5. The third kappa shape index (κ3) is 4.17. The van der Waals surface area contributed by atoms with E-state index in [1.54, 1.807) is 26.2 Å². The number of methoxy groups -OCH3 is 1. The first-order chi connectivity index (χ1) is 15.4. The maximum Gasteiger partial charge on any atom is 0.336 e. The second-order valence-corrected chi connectivity index (χ2v) is 8.50. The fourth-order valence-corrected chi connectivity index (χ4v) is 4.76. The Bertz CT molecular complexity index is 1120. The summed E-state index contributed by atoms with van der Waals surface area (Å²) in [5.41, 5.74) is 4.59. The molecule has 2 aromatic carbocycles. The summed E-state index contributed by atoms with van der Waals surface area (Å²) in [6.07, 6.45) is 1.04. The fraction of sp³-hybridized carbons (Fsp3) is 0.308. The quantitative estimate of drug-likeness (QED) is 0.627. The van der Waals surface area contributed by atoms with Gasteiger partial charge in [-0.1, -0.05) is 35.9 Å². The lowest BCUT2D eigenvalue weighted by Gasteiger charge is -2.36. The SMILES string of the molecule is CCOC(=O)C1=C(C)NC2=C(C(=O)CC(c3cccc(OC)c3)C2)C1c1ccc(Cl)cc1. The van der Waals surface area contributed by atoms with Crippen molar-refractivity contribution in [2.45, 2.75) is 38.5 Å². The first-order valence-electron chi connectivity index (χ1n) is 10.7. The van der Waals surface area contributed by atoms with E-state index in [4.69, 9.17) is 21.1 Å². The molecule has 0 fully saturated rings. The van der Waals surface area contributed by atoms with E-state index in [0.29, 0.717) is 34.7 Å². The van der Waals surface area contributed by atoms with Gasteiger partial charge in [0.15, 0.2) is 5.78 Å². The average Bonchev–Trinajstić information content (AvgIpc) is 2.78. The van der Waals surface area contributed by atoms with E-state index in [-0.39, 0.29) is 18.3 Å². The number of halogens is 1. The van der Waals surface area contributed by atoms with Crippen LogP contribution in [0.2, 0.25) is 5.02 Å². The zero-order valence-corrected chi connectivity index (χ0v) is 19.2. The van der Waals surface area contributed by atoms with Crippen molar-refractivity contribution in [1.82, 2.24) is 5.32 Å². The number of carbonyl (C=O) groups is 2. The second kappa shape index (κ2) is 9.21. The lowest BCUT2D eigenvalue weighted by Crippen LogP contribution is -2.36. The maximum atomic E-state index is 13.5. The summed E-state index contributed by atoms with van der Waals surface area (Å²) in [5.74, 6) is -0.0634. The number of carbonyl (C=O) groups excluding carboxylic acids is 2. The van der Waals surface area contributed by atoms with E-state index in [2.05, 4.69) is 5.32 Å². The Balaban J connectivity index is 1.78. The average molecular weight is 452 g/mol. The molecule has 0 amide bonds. The topological polar surface area (TPSA) is 64.6 Å². The molecule has 166 valence electrons. The fourth-order valence-electron chi connectivity index (χ4n) is 4.64. The number of allylic oxidation sites excluding steroid dienone is 3. The molecule has 1 aliphatic heterocycles. The van der Waals surface area contributed by atoms with E-state index >= 15 is 0 Å². The first kappa shape index (κ1) is 22.2. The van der Waals surface area contributed by atoms with Crippen LogP contribution in [-0.4, -0.2) is 25.5 Å². The Morgan fingerprint density at radius 3 is 2.56 bits per heavy atom. The summed E-state index contributed by atoms with van der Waals surface area (Å²) in [6, 6.07) is 15.2. The van der Waals surface area contributed by atoms with Crippen LogP contribution in [0.25, 0.3) is 0 Å². The van der Waals surface area contributed by atoms with Gasteiger partial charge in [0, 0.05) is 34.3 Å². The number of benzene rings is 2. The molecule has 32 heavy (non-hydrogen) atoms. The highest BCUT2D eigenvalue weighted by molar-refractivity contribution is 6.30. The van der Waals surface area contributed by atoms with Crippen molar-refractivity contribution in [2.24, 2.45) is 0 Å². The molecule has 1 heterocycles. The third-order valence-electron chi connectivity index (χ3n) is 6.09. The molecule has 0 saturated heterocycles. The molecule has 0 bridgehead atoms. The summed E-state index contributed by atoms with van der Waals surface area (Å²) in [5, 5.41) is 3.96. The van der Waals surface area contributed by atoms with Gasteiger partial charge in [0.05, 0.1) is 19.3 Å². The van der Waals surface area contributed by atoms with Crippen molar-refractivity contribution in [3.8, 4) is 5.75 Å². The van der Waals surface area contributed by atoms with Crippen molar-refractivity contribution in [3.63, 3.8) is 0 Å². The summed E-state index contributed by atoms with van der Waals surface area (Å²) in [4.78, 5) is 26.4. The van der Waals surface area contributed by atoms with Gasteiger partial charge in [-0.3, -0.25) is 4.79 Å². The minimum atomic E-state index is -0.485.